The molecule has 2 aromatic rings. The first kappa shape index (κ1) is 16.9. The third-order valence-corrected chi connectivity index (χ3v) is 5.55. The van der Waals surface area contributed by atoms with Gasteiger partial charge in [-0.25, -0.2) is 9.97 Å². The Kier molecular flexibility index (Phi) is 4.51. The van der Waals surface area contributed by atoms with Crippen molar-refractivity contribution in [1.29, 1.82) is 5.26 Å². The Bertz CT molecular complexity index is 876. The van der Waals surface area contributed by atoms with Gasteiger partial charge in [0.2, 0.25) is 0 Å². The molecule has 132 valence electrons. The van der Waals surface area contributed by atoms with E-state index in [-0.39, 0.29) is 5.91 Å². The lowest BCUT2D eigenvalue weighted by Gasteiger charge is -2.27. The number of aromatic nitrogens is 2. The van der Waals surface area contributed by atoms with Crippen molar-refractivity contribution >= 4 is 23.5 Å². The molecule has 0 N–H and O–H groups in total. The predicted octanol–water partition coefficient (Wildman–Crippen LogP) is 2.69. The molecule has 0 radical (unpaired) electrons. The number of benzene rings is 1. The number of nitrogens with zero attached hydrogens (tertiary/aromatic N) is 5. The fraction of sp³-hybridized carbons (Fsp3) is 0.368. The lowest BCUT2D eigenvalue weighted by atomic mass is 10.1. The van der Waals surface area contributed by atoms with Gasteiger partial charge < -0.3 is 9.80 Å². The second-order valence-electron chi connectivity index (χ2n) is 6.58. The summed E-state index contributed by atoms with van der Waals surface area (Å²) >= 11 is 1.49. The van der Waals surface area contributed by atoms with Crippen LogP contribution in [0.2, 0.25) is 0 Å². The quantitative estimate of drug-likeness (QED) is 0.615. The number of anilines is 1. The number of hydrogen-bond acceptors (Lipinski definition) is 6. The van der Waals surface area contributed by atoms with Gasteiger partial charge in [-0.3, -0.25) is 4.79 Å². The number of carbonyl (C=O) groups excluding carboxylic acids is 1. The first-order valence-electron chi connectivity index (χ1n) is 8.65. The molecule has 1 atom stereocenters. The van der Waals surface area contributed by atoms with E-state index in [0.717, 1.165) is 30.8 Å². The number of amides is 1. The molecule has 1 aromatic carbocycles. The van der Waals surface area contributed by atoms with Crippen molar-refractivity contribution < 1.29 is 4.79 Å². The van der Waals surface area contributed by atoms with Crippen molar-refractivity contribution in [2.75, 3.05) is 24.2 Å². The van der Waals surface area contributed by atoms with Crippen LogP contribution in [0.15, 0.2) is 35.6 Å². The number of thioether (sulfide) groups is 1. The summed E-state index contributed by atoms with van der Waals surface area (Å²) < 4.78 is 0. The second kappa shape index (κ2) is 6.96. The maximum atomic E-state index is 13.2. The lowest BCUT2D eigenvalue weighted by Crippen LogP contribution is -2.39. The van der Waals surface area contributed by atoms with Gasteiger partial charge in [0.05, 0.1) is 11.6 Å². The zero-order valence-electron chi connectivity index (χ0n) is 14.6. The van der Waals surface area contributed by atoms with Crippen LogP contribution in [-0.2, 0) is 6.54 Å². The summed E-state index contributed by atoms with van der Waals surface area (Å²) in [5.41, 5.74) is 2.23. The van der Waals surface area contributed by atoms with E-state index in [9.17, 15) is 4.79 Å². The molecule has 1 saturated heterocycles. The minimum absolute atomic E-state index is 0.0218. The van der Waals surface area contributed by atoms with Crippen LogP contribution in [0, 0.1) is 11.3 Å². The number of hydrogen-bond donors (Lipinski definition) is 0. The molecule has 1 fully saturated rings. The SMILES string of the molecule is CSc1ncc2c(n1)N1CCCC1CN(Cc1ccc(C#N)cc1)C2=O. The summed E-state index contributed by atoms with van der Waals surface area (Å²) in [4.78, 5) is 26.3. The normalized spacial score (nSPS) is 18.9. The maximum absolute atomic E-state index is 13.2. The average molecular weight is 365 g/mol. The van der Waals surface area contributed by atoms with E-state index in [1.807, 2.05) is 23.3 Å². The Hall–Kier alpha value is -2.59. The van der Waals surface area contributed by atoms with Gasteiger partial charge in [0.25, 0.3) is 5.91 Å². The Morgan fingerprint density at radius 2 is 2.15 bits per heavy atom. The summed E-state index contributed by atoms with van der Waals surface area (Å²) in [5, 5.41) is 9.65. The summed E-state index contributed by atoms with van der Waals surface area (Å²) in [7, 11) is 0. The molecule has 0 aliphatic carbocycles. The zero-order chi connectivity index (χ0) is 18.1. The molecule has 7 heteroatoms. The molecule has 0 spiro atoms. The predicted molar refractivity (Wildman–Crippen MR) is 100 cm³/mol. The van der Waals surface area contributed by atoms with Crippen LogP contribution in [-0.4, -0.2) is 46.2 Å². The van der Waals surface area contributed by atoms with Gasteiger partial charge in [-0.15, -0.1) is 0 Å². The molecule has 6 nitrogen and oxygen atoms in total. The molecule has 2 aliphatic rings. The third kappa shape index (κ3) is 3.01. The van der Waals surface area contributed by atoms with Crippen LogP contribution >= 0.6 is 11.8 Å². The Morgan fingerprint density at radius 1 is 1.35 bits per heavy atom. The molecule has 3 heterocycles. The molecule has 1 unspecified atom stereocenters. The summed E-state index contributed by atoms with van der Waals surface area (Å²) in [5.74, 6) is 0.755. The highest BCUT2D eigenvalue weighted by molar-refractivity contribution is 7.98. The molecular weight excluding hydrogens is 346 g/mol. The molecule has 1 aromatic heterocycles. The minimum Gasteiger partial charge on any atom is -0.351 e. The fourth-order valence-corrected chi connectivity index (χ4v) is 4.01. The molecule has 1 amide bonds. The van der Waals surface area contributed by atoms with E-state index >= 15 is 0 Å². The largest absolute Gasteiger partial charge is 0.351 e. The molecule has 0 saturated carbocycles. The number of fused-ring (bicyclic) bond motifs is 3. The molecule has 4 rings (SSSR count). The fourth-order valence-electron chi connectivity index (χ4n) is 3.68. The van der Waals surface area contributed by atoms with Crippen molar-refractivity contribution in [3.63, 3.8) is 0 Å². The highest BCUT2D eigenvalue weighted by atomic mass is 32.2. The maximum Gasteiger partial charge on any atom is 0.259 e. The Labute approximate surface area is 156 Å². The van der Waals surface area contributed by atoms with E-state index in [1.54, 1.807) is 18.3 Å². The number of rotatable bonds is 3. The van der Waals surface area contributed by atoms with E-state index < -0.39 is 0 Å². The molecular formula is C19H19N5OS. The van der Waals surface area contributed by atoms with Gasteiger partial charge in [-0.2, -0.15) is 5.26 Å². The van der Waals surface area contributed by atoms with Gasteiger partial charge in [0, 0.05) is 31.9 Å². The average Bonchev–Trinajstić information content (AvgIpc) is 3.11. The van der Waals surface area contributed by atoms with Crippen LogP contribution in [0.5, 0.6) is 0 Å². The highest BCUT2D eigenvalue weighted by Crippen LogP contribution is 2.32. The smallest absolute Gasteiger partial charge is 0.259 e. The zero-order valence-corrected chi connectivity index (χ0v) is 15.4. The van der Waals surface area contributed by atoms with E-state index in [4.69, 9.17) is 5.26 Å². The van der Waals surface area contributed by atoms with Crippen LogP contribution in [0.4, 0.5) is 5.82 Å². The molecule has 2 aliphatic heterocycles. The summed E-state index contributed by atoms with van der Waals surface area (Å²) in [6, 6.07) is 9.83. The van der Waals surface area contributed by atoms with Crippen molar-refractivity contribution in [2.24, 2.45) is 0 Å². The summed E-state index contributed by atoms with van der Waals surface area (Å²) in [6.07, 6.45) is 5.79. The lowest BCUT2D eigenvalue weighted by molar-refractivity contribution is 0.0741. The van der Waals surface area contributed by atoms with Crippen molar-refractivity contribution in [1.82, 2.24) is 14.9 Å². The Balaban J connectivity index is 1.68. The standard InChI is InChI=1S/C19H19N5OS/c1-26-19-21-10-16-17(22-19)24-8-2-3-15(24)12-23(18(16)25)11-14-6-4-13(9-20)5-7-14/h4-7,10,15H,2-3,8,11-12H2,1H3. The van der Waals surface area contributed by atoms with Crippen LogP contribution in [0.1, 0.15) is 34.3 Å². The van der Waals surface area contributed by atoms with Gasteiger partial charge in [-0.1, -0.05) is 23.9 Å². The van der Waals surface area contributed by atoms with Crippen molar-refractivity contribution in [2.45, 2.75) is 30.6 Å². The van der Waals surface area contributed by atoms with Crippen molar-refractivity contribution in [3.8, 4) is 6.07 Å². The molecule has 0 bridgehead atoms. The van der Waals surface area contributed by atoms with E-state index in [0.29, 0.717) is 35.4 Å². The molecule has 26 heavy (non-hydrogen) atoms. The third-order valence-electron chi connectivity index (χ3n) is 4.98. The van der Waals surface area contributed by atoms with Gasteiger partial charge in [-0.05, 0) is 36.8 Å². The highest BCUT2D eigenvalue weighted by Gasteiger charge is 2.36. The topological polar surface area (TPSA) is 73.1 Å². The van der Waals surface area contributed by atoms with Crippen LogP contribution in [0.3, 0.4) is 0 Å². The second-order valence-corrected chi connectivity index (χ2v) is 7.35. The van der Waals surface area contributed by atoms with Crippen LogP contribution < -0.4 is 4.90 Å². The van der Waals surface area contributed by atoms with Crippen LogP contribution in [0.25, 0.3) is 0 Å². The first-order valence-corrected chi connectivity index (χ1v) is 9.88. The monoisotopic (exact) mass is 365 g/mol. The minimum atomic E-state index is -0.0218. The van der Waals surface area contributed by atoms with E-state index in [2.05, 4.69) is 20.9 Å². The van der Waals surface area contributed by atoms with Gasteiger partial charge in [0.1, 0.15) is 11.4 Å². The number of nitriles is 1. The summed E-state index contributed by atoms with van der Waals surface area (Å²) in [6.45, 7) is 2.14. The van der Waals surface area contributed by atoms with Gasteiger partial charge in [0.15, 0.2) is 5.16 Å². The first-order chi connectivity index (χ1) is 12.7. The van der Waals surface area contributed by atoms with Gasteiger partial charge >= 0.3 is 0 Å². The number of carbonyl (C=O) groups is 1. The Morgan fingerprint density at radius 3 is 2.88 bits per heavy atom. The van der Waals surface area contributed by atoms with E-state index in [1.165, 1.54) is 11.8 Å². The van der Waals surface area contributed by atoms with Crippen molar-refractivity contribution in [3.05, 3.63) is 47.2 Å².